The zero-order valence-electron chi connectivity index (χ0n) is 21.8. The molecule has 41 heavy (non-hydrogen) atoms. The molecule has 9 nitrogen and oxygen atoms in total. The van der Waals surface area contributed by atoms with Crippen molar-refractivity contribution in [3.8, 4) is 33.9 Å². The molecular formula is C30H24F2N8O. The van der Waals surface area contributed by atoms with Crippen LogP contribution in [0.25, 0.3) is 56.0 Å². The largest absolute Gasteiger partial charge is 0.335 e. The van der Waals surface area contributed by atoms with E-state index >= 15 is 4.39 Å². The first-order valence-corrected chi connectivity index (χ1v) is 13.4. The number of hydrogen-bond donors (Lipinski definition) is 3. The van der Waals surface area contributed by atoms with E-state index in [0.717, 1.165) is 32.1 Å². The molecule has 0 saturated heterocycles. The highest BCUT2D eigenvalue weighted by Gasteiger charge is 2.23. The van der Waals surface area contributed by atoms with Crippen molar-refractivity contribution < 1.29 is 13.6 Å². The van der Waals surface area contributed by atoms with Crippen molar-refractivity contribution in [3.05, 3.63) is 72.8 Å². The summed E-state index contributed by atoms with van der Waals surface area (Å²) in [6.07, 6.45) is 11.1. The van der Waals surface area contributed by atoms with Crippen molar-refractivity contribution in [2.45, 2.75) is 32.1 Å². The number of halogens is 2. The van der Waals surface area contributed by atoms with E-state index in [0.29, 0.717) is 44.9 Å². The molecule has 0 spiro atoms. The summed E-state index contributed by atoms with van der Waals surface area (Å²) in [4.78, 5) is 33.4. The van der Waals surface area contributed by atoms with Gasteiger partial charge in [0.2, 0.25) is 5.91 Å². The Kier molecular flexibility index (Phi) is 6.18. The summed E-state index contributed by atoms with van der Waals surface area (Å²) in [5.41, 5.74) is 3.92. The number of H-pyrrole nitrogens is 2. The summed E-state index contributed by atoms with van der Waals surface area (Å²) in [5, 5.41) is 10.3. The van der Waals surface area contributed by atoms with Crippen LogP contribution in [0.1, 0.15) is 32.1 Å². The Bertz CT molecular complexity index is 1930. The van der Waals surface area contributed by atoms with Crippen LogP contribution in [0.4, 0.5) is 14.5 Å². The van der Waals surface area contributed by atoms with Gasteiger partial charge in [-0.05, 0) is 42.7 Å². The van der Waals surface area contributed by atoms with Crippen molar-refractivity contribution in [2.75, 3.05) is 5.32 Å². The molecule has 5 heterocycles. The van der Waals surface area contributed by atoms with Gasteiger partial charge in [0.05, 0.1) is 34.5 Å². The SMILES string of the molecule is O=C(Nc1cncc(-c2ncc3[nH]nc(-c4nc5nccc(-c6cccc(F)c6)c5[nH]4)c3c2F)c1)C1CCCCC1. The minimum absolute atomic E-state index is 0.0214. The average molecular weight is 551 g/mol. The molecule has 0 unspecified atom stereocenters. The predicted octanol–water partition coefficient (Wildman–Crippen LogP) is 6.42. The van der Waals surface area contributed by atoms with Crippen molar-refractivity contribution >= 4 is 33.7 Å². The number of rotatable bonds is 5. The molecule has 1 amide bonds. The van der Waals surface area contributed by atoms with Crippen LogP contribution in [0.5, 0.6) is 0 Å². The number of carbonyl (C=O) groups is 1. The van der Waals surface area contributed by atoms with E-state index in [2.05, 4.69) is 40.4 Å². The number of anilines is 1. The molecule has 0 atom stereocenters. The van der Waals surface area contributed by atoms with Crippen molar-refractivity contribution in [1.29, 1.82) is 0 Å². The lowest BCUT2D eigenvalue weighted by atomic mass is 9.88. The van der Waals surface area contributed by atoms with E-state index in [9.17, 15) is 9.18 Å². The van der Waals surface area contributed by atoms with Crippen molar-refractivity contribution in [1.82, 2.24) is 35.1 Å². The molecule has 0 aliphatic heterocycles. The lowest BCUT2D eigenvalue weighted by Gasteiger charge is -2.20. The first kappa shape index (κ1) is 24.9. The number of hydrogen-bond acceptors (Lipinski definition) is 6. The molecular weight excluding hydrogens is 526 g/mol. The molecule has 5 aromatic heterocycles. The molecule has 1 saturated carbocycles. The van der Waals surface area contributed by atoms with Gasteiger partial charge in [-0.2, -0.15) is 5.10 Å². The second-order valence-corrected chi connectivity index (χ2v) is 10.2. The average Bonchev–Trinajstić information content (AvgIpc) is 3.63. The summed E-state index contributed by atoms with van der Waals surface area (Å²) in [6.45, 7) is 0. The number of fused-ring (bicyclic) bond motifs is 2. The Morgan fingerprint density at radius 2 is 1.83 bits per heavy atom. The van der Waals surface area contributed by atoms with Crippen molar-refractivity contribution in [3.63, 3.8) is 0 Å². The Hall–Kier alpha value is -5.06. The van der Waals surface area contributed by atoms with Gasteiger partial charge in [0.25, 0.3) is 0 Å². The predicted molar refractivity (Wildman–Crippen MR) is 151 cm³/mol. The maximum absolute atomic E-state index is 16.1. The number of aromatic amines is 2. The molecule has 1 aromatic carbocycles. The Morgan fingerprint density at radius 3 is 2.68 bits per heavy atom. The summed E-state index contributed by atoms with van der Waals surface area (Å²) >= 11 is 0. The molecule has 0 bridgehead atoms. The normalized spacial score (nSPS) is 14.1. The van der Waals surface area contributed by atoms with E-state index in [1.54, 1.807) is 36.7 Å². The van der Waals surface area contributed by atoms with Crippen LogP contribution in [0.2, 0.25) is 0 Å². The third-order valence-electron chi connectivity index (χ3n) is 7.55. The summed E-state index contributed by atoms with van der Waals surface area (Å²) in [7, 11) is 0. The maximum atomic E-state index is 16.1. The number of aromatic nitrogens is 7. The third kappa shape index (κ3) is 4.58. The van der Waals surface area contributed by atoms with E-state index in [4.69, 9.17) is 0 Å². The van der Waals surface area contributed by atoms with Crippen LogP contribution in [0.15, 0.2) is 61.2 Å². The lowest BCUT2D eigenvalue weighted by Crippen LogP contribution is -2.24. The molecule has 1 aliphatic rings. The Labute approximate surface area is 232 Å². The first-order chi connectivity index (χ1) is 20.0. The zero-order valence-corrected chi connectivity index (χ0v) is 21.8. The van der Waals surface area contributed by atoms with Gasteiger partial charge in [0, 0.05) is 29.4 Å². The first-order valence-electron chi connectivity index (χ1n) is 13.4. The monoisotopic (exact) mass is 550 g/mol. The summed E-state index contributed by atoms with van der Waals surface area (Å²) in [5.74, 6) is -0.736. The fraction of sp³-hybridized carbons (Fsp3) is 0.200. The number of amides is 1. The molecule has 6 aromatic rings. The smallest absolute Gasteiger partial charge is 0.227 e. The van der Waals surface area contributed by atoms with Crippen LogP contribution in [-0.4, -0.2) is 41.0 Å². The summed E-state index contributed by atoms with van der Waals surface area (Å²) in [6, 6.07) is 9.65. The van der Waals surface area contributed by atoms with Gasteiger partial charge in [-0.15, -0.1) is 0 Å². The van der Waals surface area contributed by atoms with Gasteiger partial charge >= 0.3 is 0 Å². The van der Waals surface area contributed by atoms with Gasteiger partial charge in [0.15, 0.2) is 17.3 Å². The number of carbonyl (C=O) groups excluding carboxylic acids is 1. The van der Waals surface area contributed by atoms with E-state index < -0.39 is 5.82 Å². The quantitative estimate of drug-likeness (QED) is 0.227. The second-order valence-electron chi connectivity index (χ2n) is 10.2. The molecule has 7 rings (SSSR count). The highest BCUT2D eigenvalue weighted by atomic mass is 19.1. The minimum Gasteiger partial charge on any atom is -0.335 e. The zero-order chi connectivity index (χ0) is 27.9. The molecule has 11 heteroatoms. The highest BCUT2D eigenvalue weighted by molar-refractivity contribution is 5.97. The second kappa shape index (κ2) is 10.2. The maximum Gasteiger partial charge on any atom is 0.227 e. The standard InChI is InChI=1S/C30H24F2N8O/c31-19-8-4-7-17(11-19)21-9-10-34-28-26(21)37-29(38-28)27-23-22(39-40-27)15-35-25(24(23)32)18-12-20(14-33-13-18)36-30(41)16-5-2-1-3-6-16/h4,7-16H,1-3,5-6H2,(H,36,41)(H,39,40)(H,34,37,38). The van der Waals surface area contributed by atoms with Gasteiger partial charge < -0.3 is 10.3 Å². The topological polar surface area (TPSA) is 125 Å². The third-order valence-corrected chi connectivity index (χ3v) is 7.55. The number of nitrogens with one attached hydrogen (secondary N) is 3. The van der Waals surface area contributed by atoms with Crippen molar-refractivity contribution in [2.24, 2.45) is 5.92 Å². The van der Waals surface area contributed by atoms with E-state index in [1.165, 1.54) is 24.5 Å². The molecule has 1 aliphatic carbocycles. The van der Waals surface area contributed by atoms with E-state index in [1.807, 2.05) is 0 Å². The fourth-order valence-corrected chi connectivity index (χ4v) is 5.51. The number of pyridine rings is 3. The number of imidazole rings is 1. The molecule has 3 N–H and O–H groups in total. The van der Waals surface area contributed by atoms with Crippen LogP contribution in [0, 0.1) is 17.6 Å². The van der Waals surface area contributed by atoms with Gasteiger partial charge in [0.1, 0.15) is 17.2 Å². The van der Waals surface area contributed by atoms with Gasteiger partial charge in [-0.25, -0.2) is 18.7 Å². The van der Waals surface area contributed by atoms with E-state index in [-0.39, 0.29) is 34.4 Å². The molecule has 1 fully saturated rings. The molecule has 204 valence electrons. The Balaban J connectivity index is 1.26. The van der Waals surface area contributed by atoms with Crippen LogP contribution in [-0.2, 0) is 4.79 Å². The Morgan fingerprint density at radius 1 is 0.951 bits per heavy atom. The van der Waals surface area contributed by atoms with Crippen LogP contribution in [0.3, 0.4) is 0 Å². The van der Waals surface area contributed by atoms with Crippen LogP contribution < -0.4 is 5.32 Å². The fourth-order valence-electron chi connectivity index (χ4n) is 5.51. The minimum atomic E-state index is -0.609. The van der Waals surface area contributed by atoms with Crippen LogP contribution >= 0.6 is 0 Å². The molecule has 0 radical (unpaired) electrons. The highest BCUT2D eigenvalue weighted by Crippen LogP contribution is 2.34. The van der Waals surface area contributed by atoms with Gasteiger partial charge in [-0.1, -0.05) is 31.4 Å². The number of nitrogens with zero attached hydrogens (tertiary/aromatic N) is 5. The lowest BCUT2D eigenvalue weighted by molar-refractivity contribution is -0.120. The number of benzene rings is 1. The summed E-state index contributed by atoms with van der Waals surface area (Å²) < 4.78 is 30.0. The van der Waals surface area contributed by atoms with Gasteiger partial charge in [-0.3, -0.25) is 19.9 Å².